The second-order valence-corrected chi connectivity index (χ2v) is 10.7. The number of hydrogen-bond donors (Lipinski definition) is 1. The number of anilines is 1. The zero-order chi connectivity index (χ0) is 21.3. The van der Waals surface area contributed by atoms with Crippen LogP contribution in [0.25, 0.3) is 0 Å². The molecule has 0 bridgehead atoms. The first-order valence-electron chi connectivity index (χ1n) is 8.67. The molecule has 0 fully saturated rings. The third-order valence-electron chi connectivity index (χ3n) is 4.68. The van der Waals surface area contributed by atoms with Crippen LogP contribution in [0, 0.1) is 20.8 Å². The van der Waals surface area contributed by atoms with Crippen molar-refractivity contribution < 1.29 is 21.9 Å². The maximum Gasteiger partial charge on any atom is 0.264 e. The maximum atomic E-state index is 13.1. The van der Waals surface area contributed by atoms with Gasteiger partial charge in [0, 0.05) is 20.6 Å². The van der Waals surface area contributed by atoms with E-state index in [1.807, 2.05) is 6.92 Å². The number of rotatable bonds is 7. The molecular formula is C19H26N2O5S2. The molecule has 0 radical (unpaired) electrons. The average molecular weight is 427 g/mol. The van der Waals surface area contributed by atoms with Gasteiger partial charge in [0.25, 0.3) is 10.0 Å². The molecule has 1 N–H and O–H groups in total. The van der Waals surface area contributed by atoms with Crippen molar-refractivity contribution in [1.82, 2.24) is 4.31 Å². The van der Waals surface area contributed by atoms with E-state index < -0.39 is 20.0 Å². The van der Waals surface area contributed by atoms with Crippen LogP contribution >= 0.6 is 0 Å². The van der Waals surface area contributed by atoms with E-state index in [1.165, 1.54) is 32.3 Å². The number of benzene rings is 2. The van der Waals surface area contributed by atoms with Crippen LogP contribution in [0.4, 0.5) is 5.69 Å². The highest BCUT2D eigenvalue weighted by molar-refractivity contribution is 7.92. The molecule has 0 aliphatic carbocycles. The predicted molar refractivity (Wildman–Crippen MR) is 110 cm³/mol. The van der Waals surface area contributed by atoms with E-state index >= 15 is 0 Å². The second-order valence-electron chi connectivity index (χ2n) is 6.69. The molecular weight excluding hydrogens is 400 g/mol. The molecule has 0 saturated carbocycles. The van der Waals surface area contributed by atoms with E-state index in [4.69, 9.17) is 5.11 Å². The zero-order valence-corrected chi connectivity index (χ0v) is 18.3. The van der Waals surface area contributed by atoms with Gasteiger partial charge in [-0.1, -0.05) is 23.8 Å². The molecule has 7 nitrogen and oxygen atoms in total. The molecule has 0 aliphatic rings. The van der Waals surface area contributed by atoms with Crippen LogP contribution < -0.4 is 4.31 Å². The maximum absolute atomic E-state index is 13.1. The highest BCUT2D eigenvalue weighted by Crippen LogP contribution is 2.33. The van der Waals surface area contributed by atoms with Gasteiger partial charge in [0.1, 0.15) is 0 Å². The molecule has 0 atom stereocenters. The van der Waals surface area contributed by atoms with Crippen molar-refractivity contribution >= 4 is 25.7 Å². The van der Waals surface area contributed by atoms with Crippen molar-refractivity contribution in [3.8, 4) is 0 Å². The van der Waals surface area contributed by atoms with Gasteiger partial charge in [0.2, 0.25) is 10.0 Å². The Morgan fingerprint density at radius 2 is 1.43 bits per heavy atom. The molecule has 2 aromatic rings. The van der Waals surface area contributed by atoms with Crippen LogP contribution in [-0.4, -0.2) is 53.5 Å². The summed E-state index contributed by atoms with van der Waals surface area (Å²) in [5.41, 5.74) is 2.23. The third-order valence-corrected chi connectivity index (χ3v) is 8.45. The molecule has 0 aromatic heterocycles. The van der Waals surface area contributed by atoms with E-state index in [-0.39, 0.29) is 22.9 Å². The molecule has 2 rings (SSSR count). The van der Waals surface area contributed by atoms with E-state index in [0.717, 1.165) is 14.2 Å². The Bertz CT molecular complexity index is 1060. The monoisotopic (exact) mass is 426 g/mol. The first kappa shape index (κ1) is 22.4. The molecule has 0 aliphatic heterocycles. The minimum Gasteiger partial charge on any atom is -0.395 e. The number of likely N-dealkylation sites (N-methyl/N-ethyl adjacent to an activating group) is 1. The lowest BCUT2D eigenvalue weighted by Crippen LogP contribution is -2.32. The minimum atomic E-state index is -3.87. The predicted octanol–water partition coefficient (Wildman–Crippen LogP) is 2.05. The summed E-state index contributed by atoms with van der Waals surface area (Å²) < 4.78 is 54.0. The van der Waals surface area contributed by atoms with Crippen molar-refractivity contribution in [2.45, 2.75) is 30.6 Å². The van der Waals surface area contributed by atoms with Crippen LogP contribution in [0.3, 0.4) is 0 Å². The van der Waals surface area contributed by atoms with Gasteiger partial charge in [0.15, 0.2) is 0 Å². The topological polar surface area (TPSA) is 95.0 Å². The molecule has 154 valence electrons. The fourth-order valence-electron chi connectivity index (χ4n) is 3.00. The summed E-state index contributed by atoms with van der Waals surface area (Å²) in [6.45, 7) is 4.82. The van der Waals surface area contributed by atoms with Crippen molar-refractivity contribution in [1.29, 1.82) is 0 Å². The largest absolute Gasteiger partial charge is 0.395 e. The number of aryl methyl sites for hydroxylation is 2. The van der Waals surface area contributed by atoms with E-state index in [9.17, 15) is 16.8 Å². The van der Waals surface area contributed by atoms with E-state index in [2.05, 4.69) is 0 Å². The summed E-state index contributed by atoms with van der Waals surface area (Å²) in [6.07, 6.45) is 0. The average Bonchev–Trinajstić information content (AvgIpc) is 2.61. The van der Waals surface area contributed by atoms with Crippen LogP contribution in [0.2, 0.25) is 0 Å². The molecule has 0 heterocycles. The highest BCUT2D eigenvalue weighted by Gasteiger charge is 2.29. The first-order chi connectivity index (χ1) is 12.9. The van der Waals surface area contributed by atoms with Crippen LogP contribution in [0.15, 0.2) is 46.2 Å². The van der Waals surface area contributed by atoms with Crippen molar-refractivity contribution in [2.24, 2.45) is 0 Å². The normalized spacial score (nSPS) is 12.4. The fourth-order valence-corrected chi connectivity index (χ4v) is 5.70. The molecule has 0 saturated heterocycles. The van der Waals surface area contributed by atoms with Gasteiger partial charge in [-0.05, 0) is 50.1 Å². The summed E-state index contributed by atoms with van der Waals surface area (Å²) in [5.74, 6) is 0. The number of nitrogens with zero attached hydrogens (tertiary/aromatic N) is 2. The SMILES string of the molecule is Cc1ccc(S(=O)(=O)N(C)c2c(C)ccc(S(=O)(=O)N(C)CCO)c2C)cc1. The molecule has 0 unspecified atom stereocenters. The molecule has 0 spiro atoms. The summed E-state index contributed by atoms with van der Waals surface area (Å²) in [7, 11) is -4.94. The fraction of sp³-hybridized carbons (Fsp3) is 0.368. The Labute approximate surface area is 167 Å². The summed E-state index contributed by atoms with van der Waals surface area (Å²) in [4.78, 5) is 0.139. The standard InChI is InChI=1S/C19H26N2O5S2/c1-14-6-9-17(10-7-14)27(23,24)21(5)19-15(2)8-11-18(16(19)3)28(25,26)20(4)12-13-22/h6-11,22H,12-13H2,1-5H3. The number of hydrogen-bond acceptors (Lipinski definition) is 5. The first-order valence-corrected chi connectivity index (χ1v) is 11.6. The van der Waals surface area contributed by atoms with Gasteiger partial charge in [-0.15, -0.1) is 0 Å². The van der Waals surface area contributed by atoms with E-state index in [1.54, 1.807) is 32.0 Å². The number of sulfonamides is 2. The van der Waals surface area contributed by atoms with E-state index in [0.29, 0.717) is 16.8 Å². The smallest absolute Gasteiger partial charge is 0.264 e. The molecule has 0 amide bonds. The van der Waals surface area contributed by atoms with Gasteiger partial charge < -0.3 is 5.11 Å². The quantitative estimate of drug-likeness (QED) is 0.731. The summed E-state index contributed by atoms with van der Waals surface area (Å²) in [5, 5.41) is 9.06. The third kappa shape index (κ3) is 4.07. The minimum absolute atomic E-state index is 0.00926. The number of aliphatic hydroxyl groups excluding tert-OH is 1. The lowest BCUT2D eigenvalue weighted by molar-refractivity contribution is 0.266. The van der Waals surface area contributed by atoms with Crippen LogP contribution in [-0.2, 0) is 20.0 Å². The lowest BCUT2D eigenvalue weighted by Gasteiger charge is -2.26. The molecule has 28 heavy (non-hydrogen) atoms. The summed E-state index contributed by atoms with van der Waals surface area (Å²) >= 11 is 0. The van der Waals surface area contributed by atoms with Crippen LogP contribution in [0.1, 0.15) is 16.7 Å². The van der Waals surface area contributed by atoms with Gasteiger partial charge in [0.05, 0.1) is 22.1 Å². The van der Waals surface area contributed by atoms with Crippen molar-refractivity contribution in [3.63, 3.8) is 0 Å². The zero-order valence-electron chi connectivity index (χ0n) is 16.7. The second kappa shape index (κ2) is 8.20. The Morgan fingerprint density at radius 3 is 1.96 bits per heavy atom. The van der Waals surface area contributed by atoms with Gasteiger partial charge in [-0.2, -0.15) is 4.31 Å². The van der Waals surface area contributed by atoms with Gasteiger partial charge in [-0.3, -0.25) is 4.31 Å². The van der Waals surface area contributed by atoms with Crippen LogP contribution in [0.5, 0.6) is 0 Å². The Balaban J connectivity index is 2.61. The molecule has 2 aromatic carbocycles. The number of aliphatic hydroxyl groups is 1. The van der Waals surface area contributed by atoms with Crippen molar-refractivity contribution in [3.05, 3.63) is 53.1 Å². The Hall–Kier alpha value is -1.94. The molecule has 9 heteroatoms. The highest BCUT2D eigenvalue weighted by atomic mass is 32.2. The lowest BCUT2D eigenvalue weighted by atomic mass is 10.1. The van der Waals surface area contributed by atoms with Gasteiger partial charge in [-0.25, -0.2) is 16.8 Å². The van der Waals surface area contributed by atoms with Crippen molar-refractivity contribution in [2.75, 3.05) is 31.6 Å². The Kier molecular flexibility index (Phi) is 6.55. The van der Waals surface area contributed by atoms with Gasteiger partial charge >= 0.3 is 0 Å². The Morgan fingerprint density at radius 1 is 0.857 bits per heavy atom. The summed E-state index contributed by atoms with van der Waals surface area (Å²) in [6, 6.07) is 9.53.